The van der Waals surface area contributed by atoms with Gasteiger partial charge < -0.3 is 4.74 Å². The third-order valence-corrected chi connectivity index (χ3v) is 5.80. The van der Waals surface area contributed by atoms with E-state index in [9.17, 15) is 22.8 Å². The Morgan fingerprint density at radius 1 is 0.781 bits per heavy atom. The lowest BCUT2D eigenvalue weighted by atomic mass is 10.1. The second-order valence-electron chi connectivity index (χ2n) is 6.83. The fourth-order valence-electron chi connectivity index (χ4n) is 3.26. The molecule has 0 atom stereocenters. The molecule has 0 fully saturated rings. The van der Waals surface area contributed by atoms with Gasteiger partial charge in [-0.1, -0.05) is 60.7 Å². The minimum absolute atomic E-state index is 0.165. The van der Waals surface area contributed by atoms with Crippen molar-refractivity contribution in [2.24, 2.45) is 0 Å². The van der Waals surface area contributed by atoms with Crippen molar-refractivity contribution >= 4 is 34.8 Å². The second kappa shape index (κ2) is 8.92. The Kier molecular flexibility index (Phi) is 6.05. The van der Waals surface area contributed by atoms with Crippen LogP contribution < -0.4 is 9.64 Å². The van der Waals surface area contributed by atoms with Gasteiger partial charge in [0.25, 0.3) is 11.8 Å². The minimum atomic E-state index is -4.83. The average molecular weight is 455 g/mol. The number of ether oxygens (including phenoxy) is 1. The van der Waals surface area contributed by atoms with Crippen LogP contribution in [0.3, 0.4) is 0 Å². The zero-order valence-corrected chi connectivity index (χ0v) is 17.3. The van der Waals surface area contributed by atoms with Crippen LogP contribution in [-0.4, -0.2) is 18.2 Å². The number of nitrogens with zero attached hydrogens (tertiary/aromatic N) is 1. The van der Waals surface area contributed by atoms with Crippen LogP contribution in [0.5, 0.6) is 5.75 Å². The number of amides is 2. The zero-order chi connectivity index (χ0) is 22.7. The molecule has 3 aromatic rings. The number of hydrogen-bond donors (Lipinski definition) is 0. The largest absolute Gasteiger partial charge is 0.573 e. The molecule has 0 radical (unpaired) electrons. The molecule has 2 amide bonds. The van der Waals surface area contributed by atoms with Gasteiger partial charge in [-0.3, -0.25) is 9.59 Å². The van der Waals surface area contributed by atoms with Crippen LogP contribution >= 0.6 is 11.8 Å². The highest BCUT2D eigenvalue weighted by Crippen LogP contribution is 2.40. The summed E-state index contributed by atoms with van der Waals surface area (Å²) >= 11 is 1.26. The Balaban J connectivity index is 1.66. The number of rotatable bonds is 6. The van der Waals surface area contributed by atoms with E-state index in [1.807, 2.05) is 30.3 Å². The Bertz CT molecular complexity index is 1160. The van der Waals surface area contributed by atoms with Gasteiger partial charge in [-0.15, -0.1) is 24.9 Å². The summed E-state index contributed by atoms with van der Waals surface area (Å²) in [5, 5.41) is 0. The molecular weight excluding hydrogens is 439 g/mol. The Hall–Kier alpha value is -3.52. The molecule has 0 N–H and O–H groups in total. The summed E-state index contributed by atoms with van der Waals surface area (Å²) in [7, 11) is 0. The van der Waals surface area contributed by atoms with Gasteiger partial charge in [-0.05, 0) is 35.4 Å². The lowest BCUT2D eigenvalue weighted by Gasteiger charge is -2.16. The van der Waals surface area contributed by atoms with Gasteiger partial charge in [-0.2, -0.15) is 0 Å². The van der Waals surface area contributed by atoms with E-state index in [1.165, 1.54) is 23.9 Å². The van der Waals surface area contributed by atoms with Gasteiger partial charge in [0.05, 0.1) is 16.2 Å². The summed E-state index contributed by atoms with van der Waals surface area (Å²) < 4.78 is 41.2. The SMILES string of the molecule is O=C1C(SCc2ccccc2)=C(c2ccccc2)C(=O)N1c1ccc(OC(F)(F)F)cc1. The summed E-state index contributed by atoms with van der Waals surface area (Å²) in [4.78, 5) is 27.8. The Morgan fingerprint density at radius 2 is 1.38 bits per heavy atom. The molecule has 0 saturated heterocycles. The van der Waals surface area contributed by atoms with Crippen LogP contribution in [0.15, 0.2) is 89.8 Å². The maximum Gasteiger partial charge on any atom is 0.573 e. The molecule has 0 spiro atoms. The van der Waals surface area contributed by atoms with E-state index in [2.05, 4.69) is 4.74 Å². The van der Waals surface area contributed by atoms with Gasteiger partial charge in [0.2, 0.25) is 0 Å². The highest BCUT2D eigenvalue weighted by Gasteiger charge is 2.40. The van der Waals surface area contributed by atoms with Crippen molar-refractivity contribution < 1.29 is 27.5 Å². The molecular formula is C24H16F3NO3S. The highest BCUT2D eigenvalue weighted by molar-refractivity contribution is 8.03. The van der Waals surface area contributed by atoms with Gasteiger partial charge in [-0.25, -0.2) is 4.90 Å². The van der Waals surface area contributed by atoms with E-state index < -0.39 is 23.9 Å². The number of hydrogen-bond acceptors (Lipinski definition) is 4. The van der Waals surface area contributed by atoms with E-state index in [1.54, 1.807) is 30.3 Å². The molecule has 1 heterocycles. The quantitative estimate of drug-likeness (QED) is 0.441. The molecule has 4 rings (SSSR count). The van der Waals surface area contributed by atoms with E-state index in [0.717, 1.165) is 22.6 Å². The number of carbonyl (C=O) groups is 2. The van der Waals surface area contributed by atoms with Crippen molar-refractivity contribution in [1.29, 1.82) is 0 Å². The molecule has 1 aliphatic heterocycles. The van der Waals surface area contributed by atoms with Gasteiger partial charge in [0.1, 0.15) is 5.75 Å². The van der Waals surface area contributed by atoms with Crippen LogP contribution in [0.1, 0.15) is 11.1 Å². The van der Waals surface area contributed by atoms with Crippen molar-refractivity contribution in [1.82, 2.24) is 0 Å². The molecule has 162 valence electrons. The first kappa shape index (κ1) is 21.7. The fourth-order valence-corrected chi connectivity index (χ4v) is 4.33. The number of thioether (sulfide) groups is 1. The number of imide groups is 1. The van der Waals surface area contributed by atoms with Gasteiger partial charge in [0, 0.05) is 5.75 Å². The smallest absolute Gasteiger partial charge is 0.406 e. The summed E-state index contributed by atoms with van der Waals surface area (Å²) in [5.41, 5.74) is 2.02. The van der Waals surface area contributed by atoms with E-state index in [4.69, 9.17) is 0 Å². The molecule has 0 bridgehead atoms. The normalized spacial score (nSPS) is 14.3. The summed E-state index contributed by atoms with van der Waals surface area (Å²) in [5.74, 6) is -0.992. The van der Waals surface area contributed by atoms with Crippen molar-refractivity contribution in [3.8, 4) is 5.75 Å². The lowest BCUT2D eigenvalue weighted by molar-refractivity contribution is -0.274. The van der Waals surface area contributed by atoms with Crippen molar-refractivity contribution in [3.63, 3.8) is 0 Å². The molecule has 3 aromatic carbocycles. The van der Waals surface area contributed by atoms with E-state index in [-0.39, 0.29) is 11.3 Å². The number of halogens is 3. The molecule has 0 aromatic heterocycles. The van der Waals surface area contributed by atoms with Crippen LogP contribution in [0.4, 0.5) is 18.9 Å². The lowest BCUT2D eigenvalue weighted by Crippen LogP contribution is -2.31. The first-order valence-corrected chi connectivity index (χ1v) is 10.5. The maximum absolute atomic E-state index is 13.3. The van der Waals surface area contributed by atoms with Crippen molar-refractivity contribution in [2.45, 2.75) is 12.1 Å². The molecule has 0 saturated carbocycles. The van der Waals surface area contributed by atoms with E-state index in [0.29, 0.717) is 16.2 Å². The highest BCUT2D eigenvalue weighted by atomic mass is 32.2. The maximum atomic E-state index is 13.3. The first-order chi connectivity index (χ1) is 15.3. The first-order valence-electron chi connectivity index (χ1n) is 9.54. The summed E-state index contributed by atoms with van der Waals surface area (Å²) in [6.07, 6.45) is -4.83. The number of anilines is 1. The molecule has 8 heteroatoms. The van der Waals surface area contributed by atoms with Gasteiger partial charge >= 0.3 is 6.36 Å². The zero-order valence-electron chi connectivity index (χ0n) is 16.5. The van der Waals surface area contributed by atoms with Crippen molar-refractivity contribution in [3.05, 3.63) is 101 Å². The summed E-state index contributed by atoms with van der Waals surface area (Å²) in [6.45, 7) is 0. The molecule has 4 nitrogen and oxygen atoms in total. The molecule has 0 unspecified atom stereocenters. The minimum Gasteiger partial charge on any atom is -0.406 e. The monoisotopic (exact) mass is 455 g/mol. The van der Waals surface area contributed by atoms with Crippen LogP contribution in [-0.2, 0) is 15.3 Å². The van der Waals surface area contributed by atoms with Gasteiger partial charge in [0.15, 0.2) is 0 Å². The standard InChI is InChI=1S/C24H16F3NO3S/c25-24(26,27)31-19-13-11-18(12-14-19)28-22(29)20(17-9-5-2-6-10-17)21(23(28)30)32-15-16-7-3-1-4-8-16/h1-14H,15H2. The number of benzene rings is 3. The Morgan fingerprint density at radius 3 is 1.97 bits per heavy atom. The fraction of sp³-hybridized carbons (Fsp3) is 0.0833. The van der Waals surface area contributed by atoms with Crippen LogP contribution in [0.25, 0.3) is 5.57 Å². The second-order valence-corrected chi connectivity index (χ2v) is 7.82. The number of carbonyl (C=O) groups excluding carboxylic acids is 2. The average Bonchev–Trinajstić information content (AvgIpc) is 3.02. The predicted octanol–water partition coefficient (Wildman–Crippen LogP) is 5.80. The van der Waals surface area contributed by atoms with Crippen molar-refractivity contribution in [2.75, 3.05) is 4.90 Å². The van der Waals surface area contributed by atoms with Crippen LogP contribution in [0, 0.1) is 0 Å². The molecule has 32 heavy (non-hydrogen) atoms. The molecule has 0 aliphatic carbocycles. The third-order valence-electron chi connectivity index (χ3n) is 4.66. The number of alkyl halides is 3. The Labute approximate surface area is 186 Å². The summed E-state index contributed by atoms with van der Waals surface area (Å²) in [6, 6.07) is 23.0. The topological polar surface area (TPSA) is 46.6 Å². The molecule has 1 aliphatic rings. The van der Waals surface area contributed by atoms with Crippen LogP contribution in [0.2, 0.25) is 0 Å². The van der Waals surface area contributed by atoms with E-state index >= 15 is 0 Å². The third kappa shape index (κ3) is 4.70. The predicted molar refractivity (Wildman–Crippen MR) is 117 cm³/mol.